The largest absolute Gasteiger partial charge is 0.462 e. The van der Waals surface area contributed by atoms with Crippen LogP contribution in [0.2, 0.25) is 5.02 Å². The standard InChI is InChI=1S/C10H12ClNO4S/c1-3-16-10(13)8-4-7(11)5-9(6(8)2)17(12,14)15/h4-5H,3H2,1-2H3,(H2,12,14,15). The molecule has 5 nitrogen and oxygen atoms in total. The molecule has 0 aliphatic rings. The van der Waals surface area contributed by atoms with Crippen molar-refractivity contribution in [2.75, 3.05) is 6.61 Å². The lowest BCUT2D eigenvalue weighted by atomic mass is 10.1. The van der Waals surface area contributed by atoms with Crippen LogP contribution in [0.1, 0.15) is 22.8 Å². The highest BCUT2D eigenvalue weighted by atomic mass is 35.5. The molecule has 0 bridgehead atoms. The van der Waals surface area contributed by atoms with Crippen molar-refractivity contribution >= 4 is 27.6 Å². The van der Waals surface area contributed by atoms with E-state index in [0.717, 1.165) is 0 Å². The highest BCUT2D eigenvalue weighted by Crippen LogP contribution is 2.24. The first-order valence-corrected chi connectivity index (χ1v) is 6.70. The smallest absolute Gasteiger partial charge is 0.338 e. The van der Waals surface area contributed by atoms with Gasteiger partial charge in [0.05, 0.1) is 17.1 Å². The molecule has 17 heavy (non-hydrogen) atoms. The second-order valence-corrected chi connectivity index (χ2v) is 5.31. The van der Waals surface area contributed by atoms with Gasteiger partial charge in [-0.05, 0) is 31.5 Å². The number of hydrogen-bond donors (Lipinski definition) is 1. The minimum absolute atomic E-state index is 0.100. The molecule has 2 N–H and O–H groups in total. The van der Waals surface area contributed by atoms with Crippen LogP contribution < -0.4 is 5.14 Å². The van der Waals surface area contributed by atoms with Crippen LogP contribution in [0.3, 0.4) is 0 Å². The topological polar surface area (TPSA) is 86.5 Å². The number of ether oxygens (including phenoxy) is 1. The van der Waals surface area contributed by atoms with Gasteiger partial charge in [0.2, 0.25) is 10.0 Å². The van der Waals surface area contributed by atoms with E-state index in [-0.39, 0.29) is 27.7 Å². The predicted octanol–water partition coefficient (Wildman–Crippen LogP) is 1.47. The average Bonchev–Trinajstić information content (AvgIpc) is 2.19. The minimum atomic E-state index is -3.92. The third-order valence-corrected chi connectivity index (χ3v) is 3.38. The summed E-state index contributed by atoms with van der Waals surface area (Å²) in [4.78, 5) is 11.4. The molecule has 1 aromatic rings. The number of carbonyl (C=O) groups excluding carboxylic acids is 1. The van der Waals surface area contributed by atoms with E-state index in [1.165, 1.54) is 19.1 Å². The molecule has 0 aromatic heterocycles. The fraction of sp³-hybridized carbons (Fsp3) is 0.300. The van der Waals surface area contributed by atoms with Crippen molar-refractivity contribution in [3.8, 4) is 0 Å². The Balaban J connectivity index is 3.44. The van der Waals surface area contributed by atoms with Crippen LogP contribution in [0.5, 0.6) is 0 Å². The molecular formula is C10H12ClNO4S. The molecule has 0 atom stereocenters. The summed E-state index contributed by atoms with van der Waals surface area (Å²) in [5, 5.41) is 5.14. The number of primary sulfonamides is 1. The number of rotatable bonds is 3. The van der Waals surface area contributed by atoms with Gasteiger partial charge in [0.15, 0.2) is 0 Å². The summed E-state index contributed by atoms with van der Waals surface area (Å²) < 4.78 is 27.4. The van der Waals surface area contributed by atoms with Crippen LogP contribution in [-0.4, -0.2) is 21.0 Å². The monoisotopic (exact) mass is 277 g/mol. The van der Waals surface area contributed by atoms with Gasteiger partial charge in [0.25, 0.3) is 0 Å². The first-order valence-electron chi connectivity index (χ1n) is 4.77. The molecule has 0 aliphatic heterocycles. The van der Waals surface area contributed by atoms with Crippen molar-refractivity contribution in [1.29, 1.82) is 0 Å². The lowest BCUT2D eigenvalue weighted by Gasteiger charge is -2.10. The van der Waals surface area contributed by atoms with Crippen LogP contribution in [0.4, 0.5) is 0 Å². The fourth-order valence-electron chi connectivity index (χ4n) is 1.37. The Bertz CT molecular complexity index is 554. The molecule has 0 aliphatic carbocycles. The maximum Gasteiger partial charge on any atom is 0.338 e. The summed E-state index contributed by atoms with van der Waals surface area (Å²) in [6.45, 7) is 3.32. The van der Waals surface area contributed by atoms with Crippen molar-refractivity contribution in [3.63, 3.8) is 0 Å². The molecule has 0 spiro atoms. The number of sulfonamides is 1. The van der Waals surface area contributed by atoms with E-state index in [1.807, 2.05) is 0 Å². The predicted molar refractivity (Wildman–Crippen MR) is 63.5 cm³/mol. The maximum absolute atomic E-state index is 11.6. The zero-order valence-electron chi connectivity index (χ0n) is 9.36. The van der Waals surface area contributed by atoms with Gasteiger partial charge in [-0.2, -0.15) is 0 Å². The summed E-state index contributed by atoms with van der Waals surface area (Å²) in [7, 11) is -3.92. The van der Waals surface area contributed by atoms with E-state index in [1.54, 1.807) is 6.92 Å². The van der Waals surface area contributed by atoms with Crippen LogP contribution in [0.15, 0.2) is 17.0 Å². The lowest BCUT2D eigenvalue weighted by Crippen LogP contribution is -2.16. The van der Waals surface area contributed by atoms with Gasteiger partial charge in [-0.1, -0.05) is 11.6 Å². The Morgan fingerprint density at radius 2 is 2.06 bits per heavy atom. The summed E-state index contributed by atoms with van der Waals surface area (Å²) in [5.41, 5.74) is 0.332. The van der Waals surface area contributed by atoms with Crippen LogP contribution in [0.25, 0.3) is 0 Å². The Morgan fingerprint density at radius 1 is 1.47 bits per heavy atom. The van der Waals surface area contributed by atoms with Crippen molar-refractivity contribution < 1.29 is 17.9 Å². The zero-order chi connectivity index (χ0) is 13.2. The van der Waals surface area contributed by atoms with Crippen LogP contribution >= 0.6 is 11.6 Å². The third kappa shape index (κ3) is 3.18. The van der Waals surface area contributed by atoms with Gasteiger partial charge in [-0.25, -0.2) is 18.4 Å². The Morgan fingerprint density at radius 3 is 2.53 bits per heavy atom. The lowest BCUT2D eigenvalue weighted by molar-refractivity contribution is 0.0525. The van der Waals surface area contributed by atoms with Gasteiger partial charge >= 0.3 is 5.97 Å². The summed E-state index contributed by atoms with van der Waals surface area (Å²) >= 11 is 5.74. The molecule has 0 radical (unpaired) electrons. The van der Waals surface area contributed by atoms with Crippen molar-refractivity contribution in [2.45, 2.75) is 18.7 Å². The molecule has 94 valence electrons. The first-order chi connectivity index (χ1) is 7.77. The number of nitrogens with two attached hydrogens (primary N) is 1. The van der Waals surface area contributed by atoms with E-state index in [4.69, 9.17) is 21.5 Å². The van der Waals surface area contributed by atoms with Crippen molar-refractivity contribution in [2.24, 2.45) is 5.14 Å². The molecule has 0 unspecified atom stereocenters. The Kier molecular flexibility index (Phi) is 4.13. The molecule has 0 fully saturated rings. The van der Waals surface area contributed by atoms with Gasteiger partial charge in [-0.15, -0.1) is 0 Å². The fourth-order valence-corrected chi connectivity index (χ4v) is 2.48. The summed E-state index contributed by atoms with van der Waals surface area (Å²) in [6.07, 6.45) is 0. The SMILES string of the molecule is CCOC(=O)c1cc(Cl)cc(S(N)(=O)=O)c1C. The highest BCUT2D eigenvalue weighted by Gasteiger charge is 2.20. The quantitative estimate of drug-likeness (QED) is 0.848. The molecular weight excluding hydrogens is 266 g/mol. The van der Waals surface area contributed by atoms with Gasteiger partial charge in [0.1, 0.15) is 0 Å². The second-order valence-electron chi connectivity index (χ2n) is 3.34. The summed E-state index contributed by atoms with van der Waals surface area (Å²) in [6, 6.07) is 2.55. The van der Waals surface area contributed by atoms with E-state index in [2.05, 4.69) is 0 Å². The second kappa shape index (κ2) is 5.03. The number of hydrogen-bond acceptors (Lipinski definition) is 4. The molecule has 1 rings (SSSR count). The minimum Gasteiger partial charge on any atom is -0.462 e. The highest BCUT2D eigenvalue weighted by molar-refractivity contribution is 7.89. The number of carbonyl (C=O) groups is 1. The first kappa shape index (κ1) is 14.0. The Hall–Kier alpha value is -1.11. The summed E-state index contributed by atoms with van der Waals surface area (Å²) in [5.74, 6) is -0.627. The van der Waals surface area contributed by atoms with E-state index < -0.39 is 16.0 Å². The van der Waals surface area contributed by atoms with Crippen molar-refractivity contribution in [3.05, 3.63) is 28.3 Å². The van der Waals surface area contributed by atoms with E-state index in [0.29, 0.717) is 0 Å². The molecule has 0 saturated heterocycles. The van der Waals surface area contributed by atoms with Gasteiger partial charge < -0.3 is 4.74 Å². The van der Waals surface area contributed by atoms with Crippen LogP contribution in [0, 0.1) is 6.92 Å². The number of halogens is 1. The zero-order valence-corrected chi connectivity index (χ0v) is 10.9. The van der Waals surface area contributed by atoms with E-state index in [9.17, 15) is 13.2 Å². The van der Waals surface area contributed by atoms with Gasteiger partial charge in [0, 0.05) is 5.02 Å². The van der Waals surface area contributed by atoms with Crippen molar-refractivity contribution in [1.82, 2.24) is 0 Å². The molecule has 1 aromatic carbocycles. The normalized spacial score (nSPS) is 11.3. The number of esters is 1. The number of benzene rings is 1. The van der Waals surface area contributed by atoms with Crippen LogP contribution in [-0.2, 0) is 14.8 Å². The maximum atomic E-state index is 11.6. The Labute approximate surface area is 105 Å². The average molecular weight is 278 g/mol. The molecule has 0 amide bonds. The molecule has 7 heteroatoms. The third-order valence-electron chi connectivity index (χ3n) is 2.13. The molecule has 0 heterocycles. The van der Waals surface area contributed by atoms with Gasteiger partial charge in [-0.3, -0.25) is 0 Å². The molecule has 0 saturated carbocycles. The van der Waals surface area contributed by atoms with E-state index >= 15 is 0 Å².